The van der Waals surface area contributed by atoms with Crippen LogP contribution in [0.4, 0.5) is 0 Å². The van der Waals surface area contributed by atoms with Gasteiger partial charge in [0.2, 0.25) is 4.96 Å². The minimum atomic E-state index is 0.704. The predicted molar refractivity (Wildman–Crippen MR) is 95.2 cm³/mol. The normalized spacial score (nSPS) is 14.7. The summed E-state index contributed by atoms with van der Waals surface area (Å²) in [6, 6.07) is 7.68. The van der Waals surface area contributed by atoms with Crippen LogP contribution >= 0.6 is 46.5 Å². The van der Waals surface area contributed by atoms with Gasteiger partial charge in [0.15, 0.2) is 5.82 Å². The van der Waals surface area contributed by atoms with Crippen LogP contribution in [0, 0.1) is 0 Å². The summed E-state index contributed by atoms with van der Waals surface area (Å²) in [5.74, 6) is 2.65. The molecule has 112 valence electrons. The number of nitrogens with zero attached hydrogens (tertiary/aromatic N) is 5. The van der Waals surface area contributed by atoms with Crippen molar-refractivity contribution in [3.05, 3.63) is 35.1 Å². The Morgan fingerprint density at radius 2 is 2.27 bits per heavy atom. The second-order valence-electron chi connectivity index (χ2n) is 4.51. The fraction of sp³-hybridized carbons (Fsp3) is 0.231. The summed E-state index contributed by atoms with van der Waals surface area (Å²) >= 11 is 11.1. The van der Waals surface area contributed by atoms with Crippen molar-refractivity contribution in [1.29, 1.82) is 0 Å². The van der Waals surface area contributed by atoms with Crippen LogP contribution in [0.15, 0.2) is 29.3 Å². The molecule has 1 aliphatic heterocycles. The molecule has 0 fully saturated rings. The number of benzene rings is 1. The molecule has 0 unspecified atom stereocenters. The van der Waals surface area contributed by atoms with E-state index in [1.54, 1.807) is 23.5 Å². The van der Waals surface area contributed by atoms with E-state index in [1.165, 1.54) is 11.3 Å². The van der Waals surface area contributed by atoms with Gasteiger partial charge in [-0.05, 0) is 12.1 Å². The van der Waals surface area contributed by atoms with Crippen molar-refractivity contribution in [3.63, 3.8) is 0 Å². The summed E-state index contributed by atoms with van der Waals surface area (Å²) in [6.45, 7) is 0.915. The zero-order valence-corrected chi connectivity index (χ0v) is 14.5. The van der Waals surface area contributed by atoms with Crippen LogP contribution in [-0.2, 0) is 5.75 Å². The lowest BCUT2D eigenvalue weighted by atomic mass is 10.2. The molecule has 0 N–H and O–H groups in total. The van der Waals surface area contributed by atoms with Gasteiger partial charge < -0.3 is 0 Å². The molecule has 0 spiro atoms. The lowest BCUT2D eigenvalue weighted by molar-refractivity contribution is 0.888. The highest BCUT2D eigenvalue weighted by molar-refractivity contribution is 8.38. The van der Waals surface area contributed by atoms with E-state index in [1.807, 2.05) is 28.8 Å². The Morgan fingerprint density at radius 1 is 1.32 bits per heavy atom. The van der Waals surface area contributed by atoms with Crippen LogP contribution in [0.1, 0.15) is 5.82 Å². The van der Waals surface area contributed by atoms with Gasteiger partial charge in [-0.1, -0.05) is 58.6 Å². The molecule has 0 aliphatic carbocycles. The number of fused-ring (bicyclic) bond motifs is 1. The van der Waals surface area contributed by atoms with Gasteiger partial charge >= 0.3 is 0 Å². The first-order valence-corrected chi connectivity index (χ1v) is 9.73. The first-order chi connectivity index (χ1) is 10.8. The van der Waals surface area contributed by atoms with Gasteiger partial charge in [-0.2, -0.15) is 9.61 Å². The molecule has 0 saturated carbocycles. The predicted octanol–water partition coefficient (Wildman–Crippen LogP) is 3.84. The van der Waals surface area contributed by atoms with Gasteiger partial charge in [-0.3, -0.25) is 4.99 Å². The van der Waals surface area contributed by atoms with E-state index in [0.29, 0.717) is 5.02 Å². The van der Waals surface area contributed by atoms with E-state index in [2.05, 4.69) is 20.3 Å². The Hall–Kier alpha value is -1.09. The Bertz CT molecular complexity index is 856. The summed E-state index contributed by atoms with van der Waals surface area (Å²) in [7, 11) is 0. The van der Waals surface area contributed by atoms with Gasteiger partial charge in [0, 0.05) is 16.3 Å². The quantitative estimate of drug-likeness (QED) is 0.703. The molecule has 0 radical (unpaired) electrons. The lowest BCUT2D eigenvalue weighted by Gasteiger charge is -1.97. The average Bonchev–Trinajstić information content (AvgIpc) is 3.22. The molecule has 9 heteroatoms. The molecule has 3 heterocycles. The molecule has 2 aromatic heterocycles. The van der Waals surface area contributed by atoms with Crippen molar-refractivity contribution in [3.8, 4) is 10.6 Å². The minimum Gasteiger partial charge on any atom is -0.271 e. The van der Waals surface area contributed by atoms with Crippen LogP contribution < -0.4 is 0 Å². The molecule has 1 aliphatic rings. The molecule has 0 atom stereocenters. The number of thioether (sulfide) groups is 2. The van der Waals surface area contributed by atoms with E-state index in [0.717, 1.165) is 43.8 Å². The van der Waals surface area contributed by atoms with Gasteiger partial charge in [-0.25, -0.2) is 0 Å². The second kappa shape index (κ2) is 6.19. The number of rotatable bonds is 3. The number of hydrogen-bond acceptors (Lipinski definition) is 7. The van der Waals surface area contributed by atoms with Gasteiger partial charge in [0.1, 0.15) is 9.38 Å². The molecule has 5 nitrogen and oxygen atoms in total. The summed E-state index contributed by atoms with van der Waals surface area (Å²) in [4.78, 5) is 5.23. The van der Waals surface area contributed by atoms with Gasteiger partial charge in [0.05, 0.1) is 12.3 Å². The summed E-state index contributed by atoms with van der Waals surface area (Å²) in [5.41, 5.74) is 0.998. The zero-order valence-electron chi connectivity index (χ0n) is 11.3. The van der Waals surface area contributed by atoms with Crippen molar-refractivity contribution < 1.29 is 0 Å². The second-order valence-corrected chi connectivity index (χ2v) is 8.21. The van der Waals surface area contributed by atoms with E-state index in [4.69, 9.17) is 11.6 Å². The first kappa shape index (κ1) is 14.5. The smallest absolute Gasteiger partial charge is 0.235 e. The maximum atomic E-state index is 6.04. The molecule has 4 rings (SSSR count). The molecule has 1 aromatic carbocycles. The fourth-order valence-corrected chi connectivity index (χ4v) is 4.97. The van der Waals surface area contributed by atoms with Crippen LogP contribution in [-0.4, -0.2) is 36.5 Å². The maximum Gasteiger partial charge on any atom is 0.235 e. The molecule has 22 heavy (non-hydrogen) atoms. The van der Waals surface area contributed by atoms with Crippen molar-refractivity contribution >= 4 is 55.8 Å². The van der Waals surface area contributed by atoms with Crippen LogP contribution in [0.2, 0.25) is 5.02 Å². The molecule has 3 aromatic rings. The summed E-state index contributed by atoms with van der Waals surface area (Å²) < 4.78 is 2.94. The minimum absolute atomic E-state index is 0.704. The fourth-order valence-electron chi connectivity index (χ4n) is 2.01. The van der Waals surface area contributed by atoms with Crippen LogP contribution in [0.25, 0.3) is 15.5 Å². The van der Waals surface area contributed by atoms with Crippen molar-refractivity contribution in [2.75, 3.05) is 12.3 Å². The lowest BCUT2D eigenvalue weighted by Crippen LogP contribution is -1.95. The van der Waals surface area contributed by atoms with E-state index < -0.39 is 0 Å². The first-order valence-electron chi connectivity index (χ1n) is 6.57. The van der Waals surface area contributed by atoms with E-state index in [9.17, 15) is 0 Å². The van der Waals surface area contributed by atoms with Crippen molar-refractivity contribution in [2.24, 2.45) is 4.99 Å². The number of aliphatic imine (C=N–C) groups is 1. The number of halogens is 1. The Morgan fingerprint density at radius 3 is 3.09 bits per heavy atom. The van der Waals surface area contributed by atoms with Crippen molar-refractivity contribution in [2.45, 2.75) is 5.75 Å². The Labute approximate surface area is 144 Å². The van der Waals surface area contributed by atoms with E-state index >= 15 is 0 Å². The SMILES string of the molecule is Clc1cccc(-c2nn3c(CSC4=NCCS4)nnc3s2)c1. The van der Waals surface area contributed by atoms with Gasteiger partial charge in [0.25, 0.3) is 0 Å². The highest BCUT2D eigenvalue weighted by atomic mass is 35.5. The molecule has 0 saturated heterocycles. The zero-order chi connectivity index (χ0) is 14.9. The van der Waals surface area contributed by atoms with E-state index in [-0.39, 0.29) is 0 Å². The maximum absolute atomic E-state index is 6.04. The molecular weight excluding hydrogens is 358 g/mol. The highest BCUT2D eigenvalue weighted by Gasteiger charge is 2.15. The number of hydrogen-bond donors (Lipinski definition) is 0. The average molecular weight is 368 g/mol. The van der Waals surface area contributed by atoms with Crippen LogP contribution in [0.5, 0.6) is 0 Å². The third kappa shape index (κ3) is 2.88. The number of aromatic nitrogens is 4. The molecular formula is C13H10ClN5S3. The Kier molecular flexibility index (Phi) is 4.08. The summed E-state index contributed by atoms with van der Waals surface area (Å²) in [5, 5.41) is 14.6. The standard InChI is InChI=1S/C13H10ClN5S3/c14-9-3-1-2-8(6-9)11-18-19-10(16-17-12(19)22-11)7-21-13-15-4-5-20-13/h1-3,6H,4-5,7H2. The molecule has 0 amide bonds. The highest BCUT2D eigenvalue weighted by Crippen LogP contribution is 2.29. The van der Waals surface area contributed by atoms with Gasteiger partial charge in [-0.15, -0.1) is 10.2 Å². The van der Waals surface area contributed by atoms with Crippen molar-refractivity contribution in [1.82, 2.24) is 19.8 Å². The third-order valence-electron chi connectivity index (χ3n) is 3.01. The molecule has 0 bridgehead atoms. The van der Waals surface area contributed by atoms with Crippen LogP contribution in [0.3, 0.4) is 0 Å². The third-order valence-corrected chi connectivity index (χ3v) is 6.44. The monoisotopic (exact) mass is 367 g/mol. The summed E-state index contributed by atoms with van der Waals surface area (Å²) in [6.07, 6.45) is 0. The largest absolute Gasteiger partial charge is 0.271 e. The Balaban J connectivity index is 1.61. The topological polar surface area (TPSA) is 55.4 Å².